The molecule has 1 heterocycles. The van der Waals surface area contributed by atoms with Crippen molar-refractivity contribution in [3.05, 3.63) is 68.7 Å². The number of hydrogen-bond acceptors (Lipinski definition) is 3. The topological polar surface area (TPSA) is 66.5 Å². The number of nitrogens with one attached hydrogen (secondary N) is 1. The number of halogens is 7. The van der Waals surface area contributed by atoms with Gasteiger partial charge >= 0.3 is 0 Å². The van der Waals surface area contributed by atoms with Gasteiger partial charge in [-0.1, -0.05) is 76.2 Å². The molecule has 182 valence electrons. The molecule has 1 saturated carbocycles. The Hall–Kier alpha value is -1.18. The molecule has 3 aliphatic rings. The Bertz CT molecular complexity index is 1330. The van der Waals surface area contributed by atoms with Crippen LogP contribution in [-0.4, -0.2) is 31.8 Å². The quantitative estimate of drug-likeness (QED) is 0.304. The van der Waals surface area contributed by atoms with Gasteiger partial charge in [0, 0.05) is 10.7 Å². The van der Waals surface area contributed by atoms with E-state index < -0.39 is 43.6 Å². The zero-order chi connectivity index (χ0) is 25.7. The van der Waals surface area contributed by atoms with Crippen LogP contribution in [0.25, 0.3) is 0 Å². The predicted molar refractivity (Wildman–Crippen MR) is 140 cm³/mol. The monoisotopic (exact) mass is 610 g/mol. The highest BCUT2D eigenvalue weighted by Gasteiger charge is 2.87. The molecule has 5 nitrogen and oxygen atoms in total. The second-order valence-corrected chi connectivity index (χ2v) is 12.2. The van der Waals surface area contributed by atoms with Gasteiger partial charge in [0.1, 0.15) is 9.75 Å². The molecule has 2 aliphatic carbocycles. The number of carbonyl (C=O) groups is 3. The fraction of sp³-hybridized carbons (Fsp3) is 0.261. The molecule has 2 aromatic rings. The van der Waals surface area contributed by atoms with E-state index in [1.54, 1.807) is 37.3 Å². The molecule has 0 unspecified atom stereocenters. The first kappa shape index (κ1) is 25.5. The van der Waals surface area contributed by atoms with Gasteiger partial charge in [-0.25, -0.2) is 4.90 Å². The summed E-state index contributed by atoms with van der Waals surface area (Å²) >= 11 is 45.3. The summed E-state index contributed by atoms with van der Waals surface area (Å²) in [6, 6.07) is 11.2. The van der Waals surface area contributed by atoms with E-state index in [-0.39, 0.29) is 21.3 Å². The lowest BCUT2D eigenvalue weighted by Crippen LogP contribution is -2.50. The summed E-state index contributed by atoms with van der Waals surface area (Å²) in [5.41, 5.74) is 1.34. The second-order valence-electron chi connectivity index (χ2n) is 8.52. The van der Waals surface area contributed by atoms with Gasteiger partial charge in [0.2, 0.25) is 11.8 Å². The summed E-state index contributed by atoms with van der Waals surface area (Å²) in [7, 11) is 0. The number of rotatable bonds is 3. The van der Waals surface area contributed by atoms with Crippen molar-refractivity contribution in [1.29, 1.82) is 0 Å². The van der Waals surface area contributed by atoms with Crippen molar-refractivity contribution >= 4 is 110 Å². The van der Waals surface area contributed by atoms with Crippen molar-refractivity contribution in [2.45, 2.75) is 21.0 Å². The molecule has 4 atom stereocenters. The Morgan fingerprint density at radius 2 is 1.43 bits per heavy atom. The van der Waals surface area contributed by atoms with E-state index in [0.29, 0.717) is 10.7 Å². The molecule has 2 aromatic carbocycles. The molecular formula is C23H13Cl7N2O3. The highest BCUT2D eigenvalue weighted by atomic mass is 35.5. The van der Waals surface area contributed by atoms with Crippen LogP contribution in [0.3, 0.4) is 0 Å². The van der Waals surface area contributed by atoms with Crippen molar-refractivity contribution < 1.29 is 14.4 Å². The molecule has 5 rings (SSSR count). The van der Waals surface area contributed by atoms with Crippen LogP contribution in [0.4, 0.5) is 11.4 Å². The number of nitrogens with zero attached hydrogens (tertiary/aromatic N) is 1. The van der Waals surface area contributed by atoms with E-state index >= 15 is 0 Å². The zero-order valence-corrected chi connectivity index (χ0v) is 22.8. The number of aryl methyl sites for hydroxylation is 1. The van der Waals surface area contributed by atoms with E-state index in [1.807, 2.05) is 0 Å². The Kier molecular flexibility index (Phi) is 5.94. The fourth-order valence-corrected chi connectivity index (χ4v) is 8.11. The molecule has 12 heteroatoms. The van der Waals surface area contributed by atoms with Gasteiger partial charge in [-0.2, -0.15) is 0 Å². The number of benzene rings is 2. The number of allylic oxidation sites excluding steroid dienone is 2. The summed E-state index contributed by atoms with van der Waals surface area (Å²) in [4.78, 5) is 37.6. The van der Waals surface area contributed by atoms with E-state index in [2.05, 4.69) is 5.32 Å². The standard InChI is InChI=1S/C23H13Cl7N2O3/c1-9-6-7-10(24)8-12(9)31-18(33)11-4-2-3-5-13(11)32-19(34)14-15(20(32)35)22(28)17(26)16(25)21(14,27)23(22,29)30/h2-8,14-15H,1H3,(H,31,33)/t14-,15-,21+,22+/m0/s1. The van der Waals surface area contributed by atoms with E-state index in [1.165, 1.54) is 12.1 Å². The Labute approximate surface area is 235 Å². The highest BCUT2D eigenvalue weighted by molar-refractivity contribution is 6.67. The lowest BCUT2D eigenvalue weighted by molar-refractivity contribution is -0.123. The number of hydrogen-bond donors (Lipinski definition) is 1. The Morgan fingerprint density at radius 1 is 0.886 bits per heavy atom. The van der Waals surface area contributed by atoms with Crippen LogP contribution in [-0.2, 0) is 9.59 Å². The lowest BCUT2D eigenvalue weighted by atomic mass is 9.84. The number of amides is 3. The van der Waals surface area contributed by atoms with Gasteiger partial charge in [-0.05, 0) is 36.8 Å². The van der Waals surface area contributed by atoms with Crippen LogP contribution < -0.4 is 10.2 Å². The van der Waals surface area contributed by atoms with Crippen molar-refractivity contribution in [3.63, 3.8) is 0 Å². The predicted octanol–water partition coefficient (Wildman–Crippen LogP) is 6.85. The summed E-state index contributed by atoms with van der Waals surface area (Å²) in [5.74, 6) is -4.66. The van der Waals surface area contributed by atoms with Gasteiger partial charge in [-0.15, -0.1) is 23.2 Å². The van der Waals surface area contributed by atoms with E-state index in [0.717, 1.165) is 10.5 Å². The Balaban J connectivity index is 1.57. The molecule has 0 spiro atoms. The maximum absolute atomic E-state index is 13.7. The average Bonchev–Trinajstić information content (AvgIpc) is 3.19. The highest BCUT2D eigenvalue weighted by Crippen LogP contribution is 2.77. The fourth-order valence-electron chi connectivity index (χ4n) is 5.01. The molecule has 1 aliphatic heterocycles. The van der Waals surface area contributed by atoms with Gasteiger partial charge in [0.15, 0.2) is 4.33 Å². The molecule has 35 heavy (non-hydrogen) atoms. The van der Waals surface area contributed by atoms with Crippen LogP contribution in [0.15, 0.2) is 52.5 Å². The molecule has 3 amide bonds. The van der Waals surface area contributed by atoms with E-state index in [4.69, 9.17) is 81.2 Å². The molecule has 2 fully saturated rings. The third-order valence-corrected chi connectivity index (χ3v) is 11.2. The van der Waals surface area contributed by atoms with Crippen LogP contribution in [0.1, 0.15) is 15.9 Å². The summed E-state index contributed by atoms with van der Waals surface area (Å²) in [6.07, 6.45) is 0. The first-order valence-corrected chi connectivity index (χ1v) is 12.8. The molecule has 1 N–H and O–H groups in total. The van der Waals surface area contributed by atoms with Gasteiger partial charge < -0.3 is 5.32 Å². The maximum Gasteiger partial charge on any atom is 0.257 e. The minimum atomic E-state index is -2.04. The van der Waals surface area contributed by atoms with Crippen molar-refractivity contribution in [3.8, 4) is 0 Å². The average molecular weight is 614 g/mol. The lowest BCUT2D eigenvalue weighted by Gasteiger charge is -2.34. The van der Waals surface area contributed by atoms with Crippen molar-refractivity contribution in [2.75, 3.05) is 10.2 Å². The number of anilines is 2. The minimum Gasteiger partial charge on any atom is -0.322 e. The third kappa shape index (κ3) is 3.07. The smallest absolute Gasteiger partial charge is 0.257 e. The summed E-state index contributed by atoms with van der Waals surface area (Å²) in [5, 5.41) is 2.82. The number of imide groups is 1. The largest absolute Gasteiger partial charge is 0.322 e. The van der Waals surface area contributed by atoms with E-state index in [9.17, 15) is 14.4 Å². The summed E-state index contributed by atoms with van der Waals surface area (Å²) in [6.45, 7) is 1.80. The van der Waals surface area contributed by atoms with Crippen LogP contribution in [0.2, 0.25) is 5.02 Å². The summed E-state index contributed by atoms with van der Waals surface area (Å²) < 4.78 is -2.04. The van der Waals surface area contributed by atoms with Crippen LogP contribution in [0, 0.1) is 18.8 Å². The van der Waals surface area contributed by atoms with Crippen LogP contribution >= 0.6 is 81.2 Å². The first-order chi connectivity index (χ1) is 16.3. The number of fused-ring (bicyclic) bond motifs is 5. The number of para-hydroxylation sites is 1. The number of carbonyl (C=O) groups excluding carboxylic acids is 3. The SMILES string of the molecule is Cc1ccc(Cl)cc1NC(=O)c1ccccc1N1C(=O)[C@@H]2[C@@H](C1=O)[C@@]1(Cl)C(Cl)=C(Cl)[C@@]2(Cl)C1(Cl)Cl. The third-order valence-electron chi connectivity index (χ3n) is 6.75. The van der Waals surface area contributed by atoms with Gasteiger partial charge in [0.25, 0.3) is 5.91 Å². The molecule has 2 bridgehead atoms. The van der Waals surface area contributed by atoms with Gasteiger partial charge in [-0.3, -0.25) is 14.4 Å². The maximum atomic E-state index is 13.7. The van der Waals surface area contributed by atoms with Gasteiger partial charge in [0.05, 0.1) is 33.2 Å². The first-order valence-electron chi connectivity index (χ1n) is 10.2. The number of alkyl halides is 4. The minimum absolute atomic E-state index is 0.0380. The normalized spacial score (nSPS) is 30.8. The Morgan fingerprint density at radius 3 is 2.00 bits per heavy atom. The van der Waals surface area contributed by atoms with Crippen LogP contribution in [0.5, 0.6) is 0 Å². The zero-order valence-electron chi connectivity index (χ0n) is 17.5. The molecular weight excluding hydrogens is 600 g/mol. The van der Waals surface area contributed by atoms with Crippen molar-refractivity contribution in [1.82, 2.24) is 0 Å². The molecule has 0 radical (unpaired) electrons. The molecule has 0 aromatic heterocycles. The molecule has 1 saturated heterocycles. The second kappa shape index (κ2) is 8.16. The van der Waals surface area contributed by atoms with Crippen molar-refractivity contribution in [2.24, 2.45) is 11.8 Å².